The van der Waals surface area contributed by atoms with Crippen molar-refractivity contribution in [2.75, 3.05) is 25.0 Å². The molecule has 0 amide bonds. The van der Waals surface area contributed by atoms with Gasteiger partial charge in [0.15, 0.2) is 5.78 Å². The van der Waals surface area contributed by atoms with E-state index in [1.807, 2.05) is 35.7 Å². The van der Waals surface area contributed by atoms with Crippen LogP contribution in [0.1, 0.15) is 34.1 Å². The number of carbonyl (C=O) groups is 1. The minimum atomic E-state index is -0.319. The number of benzodiazepines with no additional fused rings is 1. The summed E-state index contributed by atoms with van der Waals surface area (Å²) in [6, 6.07) is 22.1. The van der Waals surface area contributed by atoms with Crippen LogP contribution in [0.3, 0.4) is 0 Å². The maximum atomic E-state index is 13.4. The Bertz CT molecular complexity index is 1010. The molecular formula is C25H27N3OS. The van der Waals surface area contributed by atoms with E-state index in [1.54, 1.807) is 0 Å². The number of carbonyl (C=O) groups excluding carboxylic acids is 1. The number of nitrogens with one attached hydrogen (secondary N) is 1. The second kappa shape index (κ2) is 9.37. The van der Waals surface area contributed by atoms with Crippen LogP contribution in [-0.4, -0.2) is 43.7 Å². The van der Waals surface area contributed by atoms with Crippen molar-refractivity contribution in [1.29, 1.82) is 0 Å². The van der Waals surface area contributed by atoms with Gasteiger partial charge in [-0.3, -0.25) is 9.79 Å². The number of hydrogen-bond acceptors (Lipinski definition) is 5. The maximum absolute atomic E-state index is 13.4. The third kappa shape index (κ3) is 4.09. The van der Waals surface area contributed by atoms with Crippen LogP contribution >= 0.6 is 11.3 Å². The van der Waals surface area contributed by atoms with Gasteiger partial charge in [-0.05, 0) is 30.5 Å². The summed E-state index contributed by atoms with van der Waals surface area (Å²) in [5, 5.41) is 5.48. The van der Waals surface area contributed by atoms with Crippen LogP contribution in [0.25, 0.3) is 0 Å². The molecule has 0 spiro atoms. The Labute approximate surface area is 182 Å². The number of nitrogens with zero attached hydrogens (tertiary/aromatic N) is 2. The predicted octanol–water partition coefficient (Wildman–Crippen LogP) is 4.66. The molecule has 0 bridgehead atoms. The first-order chi connectivity index (χ1) is 14.7. The number of rotatable bonds is 7. The number of likely N-dealkylation sites (N-methyl/N-ethyl adjacent to an activating group) is 1. The van der Waals surface area contributed by atoms with Gasteiger partial charge in [-0.2, -0.15) is 0 Å². The Morgan fingerprint density at radius 3 is 2.63 bits per heavy atom. The second-order valence-electron chi connectivity index (χ2n) is 7.52. The van der Waals surface area contributed by atoms with E-state index in [9.17, 15) is 4.79 Å². The number of para-hydroxylation sites is 1. The Balaban J connectivity index is 1.76. The lowest BCUT2D eigenvalue weighted by molar-refractivity contribution is 0.0933. The summed E-state index contributed by atoms with van der Waals surface area (Å²) in [6.07, 6.45) is 0.972. The lowest BCUT2D eigenvalue weighted by Gasteiger charge is -2.34. The number of hydrogen-bond donors (Lipinski definition) is 1. The normalized spacial score (nSPS) is 17.1. The number of benzene rings is 2. The Morgan fingerprint density at radius 2 is 1.90 bits per heavy atom. The van der Waals surface area contributed by atoms with Gasteiger partial charge in [0.2, 0.25) is 0 Å². The molecule has 1 aromatic heterocycles. The minimum Gasteiger partial charge on any atom is -0.367 e. The van der Waals surface area contributed by atoms with Gasteiger partial charge >= 0.3 is 0 Å². The van der Waals surface area contributed by atoms with Crippen LogP contribution in [-0.2, 0) is 0 Å². The molecule has 2 atom stereocenters. The van der Waals surface area contributed by atoms with Gasteiger partial charge in [0, 0.05) is 23.9 Å². The van der Waals surface area contributed by atoms with E-state index >= 15 is 0 Å². The fraction of sp³-hybridized carbons (Fsp3) is 0.280. The molecule has 4 rings (SSSR count). The van der Waals surface area contributed by atoms with Crippen molar-refractivity contribution in [3.05, 3.63) is 88.1 Å². The SMILES string of the molecule is CCCNC(C(=O)c1cccs1)C1CN=C(c2ccccc2)c2ccccc2N1C. The number of anilines is 1. The van der Waals surface area contributed by atoms with Crippen LogP contribution in [0.2, 0.25) is 0 Å². The molecule has 2 unspecified atom stereocenters. The lowest BCUT2D eigenvalue weighted by Crippen LogP contribution is -2.54. The van der Waals surface area contributed by atoms with E-state index < -0.39 is 0 Å². The minimum absolute atomic E-state index is 0.0755. The molecule has 154 valence electrons. The van der Waals surface area contributed by atoms with Crippen LogP contribution in [0.5, 0.6) is 0 Å². The Morgan fingerprint density at radius 1 is 1.13 bits per heavy atom. The highest BCUT2D eigenvalue weighted by molar-refractivity contribution is 7.12. The van der Waals surface area contributed by atoms with Gasteiger partial charge in [-0.1, -0.05) is 61.5 Å². The summed E-state index contributed by atoms with van der Waals surface area (Å²) in [4.78, 5) is 21.5. The zero-order chi connectivity index (χ0) is 20.9. The quantitative estimate of drug-likeness (QED) is 0.569. The molecule has 0 radical (unpaired) electrons. The van der Waals surface area contributed by atoms with Crippen molar-refractivity contribution < 1.29 is 4.79 Å². The molecule has 1 aliphatic rings. The first-order valence-corrected chi connectivity index (χ1v) is 11.3. The third-order valence-electron chi connectivity index (χ3n) is 5.57. The summed E-state index contributed by atoms with van der Waals surface area (Å²) in [7, 11) is 2.08. The van der Waals surface area contributed by atoms with Gasteiger partial charge in [0.25, 0.3) is 0 Å². The van der Waals surface area contributed by atoms with Crippen LogP contribution < -0.4 is 10.2 Å². The van der Waals surface area contributed by atoms with Crippen molar-refractivity contribution in [1.82, 2.24) is 5.32 Å². The molecule has 0 fully saturated rings. The predicted molar refractivity (Wildman–Crippen MR) is 126 cm³/mol. The smallest absolute Gasteiger partial charge is 0.191 e. The van der Waals surface area contributed by atoms with Crippen molar-refractivity contribution in [3.63, 3.8) is 0 Å². The van der Waals surface area contributed by atoms with Gasteiger partial charge in [0.1, 0.15) is 0 Å². The van der Waals surface area contributed by atoms with Gasteiger partial charge in [-0.25, -0.2) is 0 Å². The molecule has 0 aliphatic carbocycles. The molecule has 5 heteroatoms. The Hall–Kier alpha value is -2.76. The van der Waals surface area contributed by atoms with E-state index in [-0.39, 0.29) is 17.9 Å². The van der Waals surface area contributed by atoms with Crippen LogP contribution in [0, 0.1) is 0 Å². The molecule has 30 heavy (non-hydrogen) atoms. The van der Waals surface area contributed by atoms with E-state index in [0.29, 0.717) is 6.54 Å². The first-order valence-electron chi connectivity index (χ1n) is 10.4. The molecule has 0 saturated heterocycles. The average molecular weight is 418 g/mol. The van der Waals surface area contributed by atoms with Gasteiger partial charge < -0.3 is 10.2 Å². The topological polar surface area (TPSA) is 44.7 Å². The number of fused-ring (bicyclic) bond motifs is 1. The molecule has 0 saturated carbocycles. The Kier molecular flexibility index (Phi) is 6.41. The van der Waals surface area contributed by atoms with E-state index in [0.717, 1.165) is 40.4 Å². The number of ketones is 1. The first kappa shape index (κ1) is 20.5. The highest BCUT2D eigenvalue weighted by atomic mass is 32.1. The molecular weight excluding hydrogens is 390 g/mol. The fourth-order valence-corrected chi connectivity index (χ4v) is 4.70. The van der Waals surface area contributed by atoms with Crippen LogP contribution in [0.4, 0.5) is 5.69 Å². The molecule has 1 N–H and O–H groups in total. The number of thiophene rings is 1. The van der Waals surface area contributed by atoms with Crippen molar-refractivity contribution >= 4 is 28.5 Å². The molecule has 1 aliphatic heterocycles. The standard InChI is InChI=1S/C25H27N3OS/c1-3-15-26-24(25(29)22-14-9-16-30-22)21-17-27-23(18-10-5-4-6-11-18)19-12-7-8-13-20(19)28(21)2/h4-14,16,21,24,26H,3,15,17H2,1-2H3. The van der Waals surface area contributed by atoms with Crippen molar-refractivity contribution in [2.45, 2.75) is 25.4 Å². The summed E-state index contributed by atoms with van der Waals surface area (Å²) >= 11 is 1.50. The number of Topliss-reactive ketones (excluding diaryl/α,β-unsaturated/α-hetero) is 1. The van der Waals surface area contributed by atoms with E-state index in [2.05, 4.69) is 60.6 Å². The van der Waals surface area contributed by atoms with E-state index in [1.165, 1.54) is 11.3 Å². The van der Waals surface area contributed by atoms with Crippen molar-refractivity contribution in [3.8, 4) is 0 Å². The zero-order valence-electron chi connectivity index (χ0n) is 17.4. The summed E-state index contributed by atoms with van der Waals surface area (Å²) in [5.74, 6) is 0.145. The second-order valence-corrected chi connectivity index (χ2v) is 8.47. The third-order valence-corrected chi connectivity index (χ3v) is 6.45. The maximum Gasteiger partial charge on any atom is 0.191 e. The summed E-state index contributed by atoms with van der Waals surface area (Å²) < 4.78 is 0. The van der Waals surface area contributed by atoms with Gasteiger partial charge in [-0.15, -0.1) is 11.3 Å². The largest absolute Gasteiger partial charge is 0.367 e. The summed E-state index contributed by atoms with van der Waals surface area (Å²) in [6.45, 7) is 3.47. The highest BCUT2D eigenvalue weighted by Gasteiger charge is 2.34. The zero-order valence-corrected chi connectivity index (χ0v) is 18.2. The molecule has 3 aromatic rings. The average Bonchev–Trinajstić information content (AvgIpc) is 3.29. The molecule has 2 heterocycles. The van der Waals surface area contributed by atoms with E-state index in [4.69, 9.17) is 4.99 Å². The monoisotopic (exact) mass is 417 g/mol. The fourth-order valence-electron chi connectivity index (χ4n) is 4.00. The molecule has 2 aromatic carbocycles. The van der Waals surface area contributed by atoms with Crippen molar-refractivity contribution in [2.24, 2.45) is 4.99 Å². The highest BCUT2D eigenvalue weighted by Crippen LogP contribution is 2.29. The van der Waals surface area contributed by atoms with Crippen LogP contribution in [0.15, 0.2) is 77.1 Å². The number of aliphatic imine (C=N–C) groups is 1. The summed E-state index contributed by atoms with van der Waals surface area (Å²) in [5.41, 5.74) is 4.29. The van der Waals surface area contributed by atoms with Gasteiger partial charge in [0.05, 0.1) is 29.2 Å². The lowest BCUT2D eigenvalue weighted by atomic mass is 9.98. The molecule has 4 nitrogen and oxygen atoms in total.